The van der Waals surface area contributed by atoms with Crippen LogP contribution in [0, 0.1) is 5.82 Å². The van der Waals surface area contributed by atoms with Crippen molar-refractivity contribution < 1.29 is 37.7 Å². The van der Waals surface area contributed by atoms with Gasteiger partial charge >= 0.3 is 5.97 Å². The molecule has 4 aromatic rings. The molecule has 0 saturated carbocycles. The quantitative estimate of drug-likeness (QED) is 0.175. The molecule has 11 heteroatoms. The normalized spacial score (nSPS) is 11.1. The summed E-state index contributed by atoms with van der Waals surface area (Å²) in [6, 6.07) is 18.3. The van der Waals surface area contributed by atoms with Crippen molar-refractivity contribution in [2.45, 2.75) is 4.90 Å². The van der Waals surface area contributed by atoms with E-state index in [1.54, 1.807) is 18.2 Å². The van der Waals surface area contributed by atoms with E-state index >= 15 is 0 Å². The molecule has 0 unspecified atom stereocenters. The molecule has 0 aliphatic carbocycles. The van der Waals surface area contributed by atoms with Gasteiger partial charge in [-0.15, -0.1) is 0 Å². The fraction of sp³-hybridized carbons (Fsp3) is 0. The number of carboxylic acid groups (broad SMARTS) is 1. The summed E-state index contributed by atoms with van der Waals surface area (Å²) in [6.07, 6.45) is 0. The van der Waals surface area contributed by atoms with E-state index in [-0.39, 0.29) is 38.9 Å². The van der Waals surface area contributed by atoms with Crippen molar-refractivity contribution in [3.8, 4) is 22.6 Å². The Hall–Kier alpha value is -4.90. The van der Waals surface area contributed by atoms with Crippen molar-refractivity contribution in [3.05, 3.63) is 102 Å². The van der Waals surface area contributed by atoms with E-state index in [1.807, 2.05) is 0 Å². The number of hydrogen-bond acceptors (Lipinski definition) is 6. The van der Waals surface area contributed by atoms with Gasteiger partial charge in [0, 0.05) is 11.3 Å². The van der Waals surface area contributed by atoms with Gasteiger partial charge in [-0.3, -0.25) is 9.52 Å². The van der Waals surface area contributed by atoms with E-state index < -0.39 is 27.7 Å². The third-order valence-corrected chi connectivity index (χ3v) is 6.71. The van der Waals surface area contributed by atoms with Gasteiger partial charge in [0.1, 0.15) is 22.9 Å². The highest BCUT2D eigenvalue weighted by Crippen LogP contribution is 2.30. The summed E-state index contributed by atoms with van der Waals surface area (Å²) in [6.45, 7) is 0. The number of anilines is 2. The van der Waals surface area contributed by atoms with E-state index in [0.29, 0.717) is 11.1 Å². The lowest BCUT2D eigenvalue weighted by Crippen LogP contribution is -2.14. The number of carbonyl (C=O) groups is 2. The van der Waals surface area contributed by atoms with E-state index in [0.717, 1.165) is 24.3 Å². The van der Waals surface area contributed by atoms with Crippen molar-refractivity contribution in [1.29, 1.82) is 0 Å². The van der Waals surface area contributed by atoms with Gasteiger partial charge in [-0.05, 0) is 77.9 Å². The molecule has 0 atom stereocenters. The zero-order valence-corrected chi connectivity index (χ0v) is 19.7. The number of sulfonamides is 1. The summed E-state index contributed by atoms with van der Waals surface area (Å²) in [5.41, 5.74) is 1.13. The fourth-order valence-electron chi connectivity index (χ4n) is 3.42. The molecule has 0 radical (unpaired) electrons. The lowest BCUT2D eigenvalue weighted by atomic mass is 10.0. The van der Waals surface area contributed by atoms with Crippen LogP contribution in [0.1, 0.15) is 20.7 Å². The van der Waals surface area contributed by atoms with Gasteiger partial charge in [-0.2, -0.15) is 0 Å². The smallest absolute Gasteiger partial charge is 0.339 e. The van der Waals surface area contributed by atoms with Crippen LogP contribution in [0.3, 0.4) is 0 Å². The summed E-state index contributed by atoms with van der Waals surface area (Å²) in [7, 11) is -4.13. The van der Waals surface area contributed by atoms with Crippen LogP contribution in [-0.4, -0.2) is 35.6 Å². The molecule has 4 aromatic carbocycles. The number of benzene rings is 4. The lowest BCUT2D eigenvalue weighted by Gasteiger charge is -2.12. The summed E-state index contributed by atoms with van der Waals surface area (Å²) in [5.74, 6) is -3.15. The highest BCUT2D eigenvalue weighted by molar-refractivity contribution is 7.92. The maximum Gasteiger partial charge on any atom is 0.339 e. The molecule has 0 bridgehead atoms. The van der Waals surface area contributed by atoms with Crippen LogP contribution >= 0.6 is 0 Å². The van der Waals surface area contributed by atoms with Gasteiger partial charge in [0.25, 0.3) is 15.9 Å². The van der Waals surface area contributed by atoms with Crippen LogP contribution in [0.2, 0.25) is 0 Å². The van der Waals surface area contributed by atoms with Gasteiger partial charge in [-0.1, -0.05) is 18.2 Å². The van der Waals surface area contributed by atoms with Crippen LogP contribution < -0.4 is 10.0 Å². The van der Waals surface area contributed by atoms with Crippen molar-refractivity contribution in [2.75, 3.05) is 10.0 Å². The van der Waals surface area contributed by atoms with Gasteiger partial charge in [0.15, 0.2) is 0 Å². The Labute approximate surface area is 210 Å². The summed E-state index contributed by atoms with van der Waals surface area (Å²) >= 11 is 0. The van der Waals surface area contributed by atoms with Crippen LogP contribution in [0.15, 0.2) is 89.8 Å². The monoisotopic (exact) mass is 522 g/mol. The van der Waals surface area contributed by atoms with E-state index in [4.69, 9.17) is 0 Å². The van der Waals surface area contributed by atoms with E-state index in [9.17, 15) is 37.7 Å². The van der Waals surface area contributed by atoms with Crippen LogP contribution in [0.25, 0.3) is 11.1 Å². The van der Waals surface area contributed by atoms with Gasteiger partial charge in [0.2, 0.25) is 0 Å². The van der Waals surface area contributed by atoms with Crippen molar-refractivity contribution in [1.82, 2.24) is 0 Å². The molecule has 0 aliphatic heterocycles. The predicted octanol–water partition coefficient (Wildman–Crippen LogP) is 4.66. The minimum absolute atomic E-state index is 0.188. The van der Waals surface area contributed by atoms with Crippen LogP contribution in [0.5, 0.6) is 11.5 Å². The average Bonchev–Trinajstić information content (AvgIpc) is 2.86. The second-order valence-corrected chi connectivity index (χ2v) is 9.54. The SMILES string of the molecule is O=C(Nc1ccc(O)c(NS(=O)(=O)c2ccc(F)cc2)c1)c1ccc(-c2ccc(O)c(C(=O)O)c2)cc1. The summed E-state index contributed by atoms with van der Waals surface area (Å²) in [5, 5.41) is 31.6. The molecule has 0 heterocycles. The topological polar surface area (TPSA) is 153 Å². The number of carboxylic acids is 1. The largest absolute Gasteiger partial charge is 0.507 e. The standard InChI is InChI=1S/C26H19FN2O7S/c27-18-6-9-20(10-7-18)37(35,36)29-22-14-19(8-12-24(22)31)28-25(32)16-3-1-15(2-4-16)17-5-11-23(30)21(13-17)26(33)34/h1-14,29-31H,(H,28,32)(H,33,34). The first-order valence-corrected chi connectivity index (χ1v) is 12.1. The molecule has 37 heavy (non-hydrogen) atoms. The molecular weight excluding hydrogens is 503 g/mol. The Kier molecular flexibility index (Phi) is 6.81. The number of aromatic carboxylic acids is 1. The Balaban J connectivity index is 1.51. The lowest BCUT2D eigenvalue weighted by molar-refractivity contribution is 0.0693. The molecule has 1 amide bonds. The Bertz CT molecular complexity index is 1600. The number of phenolic OH excluding ortho intramolecular Hbond substituents is 1. The molecular formula is C26H19FN2O7S. The fourth-order valence-corrected chi connectivity index (χ4v) is 4.48. The number of hydrogen-bond donors (Lipinski definition) is 5. The second-order valence-electron chi connectivity index (χ2n) is 7.86. The minimum Gasteiger partial charge on any atom is -0.507 e. The first-order chi connectivity index (χ1) is 17.5. The Morgan fingerprint density at radius 1 is 0.757 bits per heavy atom. The molecule has 188 valence electrons. The van der Waals surface area contributed by atoms with Gasteiger partial charge in [-0.25, -0.2) is 17.6 Å². The first-order valence-electron chi connectivity index (χ1n) is 10.6. The van der Waals surface area contributed by atoms with E-state index in [2.05, 4.69) is 10.0 Å². The average molecular weight is 523 g/mol. The van der Waals surface area contributed by atoms with Gasteiger partial charge < -0.3 is 20.6 Å². The number of carbonyl (C=O) groups excluding carboxylic acids is 1. The number of halogens is 1. The Morgan fingerprint density at radius 3 is 2.03 bits per heavy atom. The third-order valence-electron chi connectivity index (χ3n) is 5.33. The molecule has 0 aromatic heterocycles. The number of rotatable bonds is 7. The van der Waals surface area contributed by atoms with Crippen LogP contribution in [0.4, 0.5) is 15.8 Å². The zero-order valence-electron chi connectivity index (χ0n) is 18.8. The molecule has 0 fully saturated rings. The third kappa shape index (κ3) is 5.68. The maximum atomic E-state index is 13.1. The maximum absolute atomic E-state index is 13.1. The molecule has 0 spiro atoms. The zero-order chi connectivity index (χ0) is 26.7. The molecule has 9 nitrogen and oxygen atoms in total. The molecule has 4 rings (SSSR count). The predicted molar refractivity (Wildman–Crippen MR) is 134 cm³/mol. The van der Waals surface area contributed by atoms with Crippen molar-refractivity contribution in [2.24, 2.45) is 0 Å². The summed E-state index contributed by atoms with van der Waals surface area (Å²) in [4.78, 5) is 23.8. The van der Waals surface area contributed by atoms with Crippen molar-refractivity contribution >= 4 is 33.3 Å². The van der Waals surface area contributed by atoms with Crippen LogP contribution in [-0.2, 0) is 10.0 Å². The first kappa shape index (κ1) is 25.2. The van der Waals surface area contributed by atoms with Gasteiger partial charge in [0.05, 0.1) is 10.6 Å². The molecule has 5 N–H and O–H groups in total. The van der Waals surface area contributed by atoms with Crippen molar-refractivity contribution in [3.63, 3.8) is 0 Å². The molecule has 0 aliphatic rings. The number of nitrogens with one attached hydrogen (secondary N) is 2. The minimum atomic E-state index is -4.13. The van der Waals surface area contributed by atoms with E-state index in [1.165, 1.54) is 42.5 Å². The highest BCUT2D eigenvalue weighted by Gasteiger charge is 2.17. The second kappa shape index (κ2) is 9.99. The highest BCUT2D eigenvalue weighted by atomic mass is 32.2. The number of amides is 1. The summed E-state index contributed by atoms with van der Waals surface area (Å²) < 4.78 is 40.5. The molecule has 0 saturated heterocycles. The number of aromatic hydroxyl groups is 2. The Morgan fingerprint density at radius 2 is 1.38 bits per heavy atom. The number of phenols is 2.